The highest BCUT2D eigenvalue weighted by molar-refractivity contribution is 5.79. The molecule has 0 N–H and O–H groups in total. The van der Waals surface area contributed by atoms with Crippen molar-refractivity contribution in [2.24, 2.45) is 0 Å². The molecular formula is C32H30N2. The van der Waals surface area contributed by atoms with E-state index in [1.165, 1.54) is 16.7 Å². The van der Waals surface area contributed by atoms with Crippen LogP contribution in [0, 0.1) is 6.92 Å². The van der Waals surface area contributed by atoms with Crippen LogP contribution in [0.5, 0.6) is 0 Å². The molecule has 5 aromatic rings. The predicted molar refractivity (Wildman–Crippen MR) is 146 cm³/mol. The second-order valence-corrected chi connectivity index (χ2v) is 7.85. The largest absolute Gasteiger partial charge is 0.311 e. The van der Waals surface area contributed by atoms with Crippen molar-refractivity contribution in [2.75, 3.05) is 4.90 Å². The molecule has 0 aliphatic carbocycles. The van der Waals surface area contributed by atoms with Gasteiger partial charge in [-0.15, -0.1) is 0 Å². The Labute approximate surface area is 203 Å². The van der Waals surface area contributed by atoms with Crippen molar-refractivity contribution in [3.8, 4) is 22.4 Å². The molecule has 2 heteroatoms. The minimum Gasteiger partial charge on any atom is -0.311 e. The van der Waals surface area contributed by atoms with E-state index < -0.39 is 0 Å². The fourth-order valence-electron chi connectivity index (χ4n) is 3.89. The summed E-state index contributed by atoms with van der Waals surface area (Å²) in [5, 5.41) is 0. The Kier molecular flexibility index (Phi) is 7.52. The van der Waals surface area contributed by atoms with E-state index in [0.717, 1.165) is 28.3 Å². The first kappa shape index (κ1) is 23.0. The number of rotatable bonds is 5. The van der Waals surface area contributed by atoms with Crippen LogP contribution in [0.2, 0.25) is 0 Å². The minimum absolute atomic E-state index is 0.980. The van der Waals surface area contributed by atoms with Crippen molar-refractivity contribution in [3.63, 3.8) is 0 Å². The molecule has 0 unspecified atom stereocenters. The molecule has 5 rings (SSSR count). The summed E-state index contributed by atoms with van der Waals surface area (Å²) in [6.45, 7) is 6.12. The average Bonchev–Trinajstić information content (AvgIpc) is 2.93. The van der Waals surface area contributed by atoms with Gasteiger partial charge in [-0.1, -0.05) is 92.2 Å². The van der Waals surface area contributed by atoms with Crippen LogP contribution < -0.4 is 4.90 Å². The molecule has 0 atom stereocenters. The van der Waals surface area contributed by atoms with Gasteiger partial charge in [0, 0.05) is 28.8 Å². The zero-order chi connectivity index (χ0) is 23.8. The van der Waals surface area contributed by atoms with Crippen LogP contribution in [0.15, 0.2) is 128 Å². The first-order valence-corrected chi connectivity index (χ1v) is 11.8. The standard InChI is InChI=1S/C30H24N2.C2H6/c1-23-10-16-27(17-11-23)32(28-18-12-25(13-19-28)24-7-3-2-4-8-24)29-20-14-26(15-21-29)30-9-5-6-22-31-30;1-2/h2-22H,1H3;1-2H3. The summed E-state index contributed by atoms with van der Waals surface area (Å²) in [4.78, 5) is 6.76. The monoisotopic (exact) mass is 442 g/mol. The van der Waals surface area contributed by atoms with Crippen LogP contribution in [0.3, 0.4) is 0 Å². The normalized spacial score (nSPS) is 10.2. The van der Waals surface area contributed by atoms with E-state index in [4.69, 9.17) is 0 Å². The lowest BCUT2D eigenvalue weighted by Crippen LogP contribution is -2.09. The summed E-state index contributed by atoms with van der Waals surface area (Å²) >= 11 is 0. The maximum Gasteiger partial charge on any atom is 0.0701 e. The van der Waals surface area contributed by atoms with E-state index in [9.17, 15) is 0 Å². The summed E-state index contributed by atoms with van der Waals surface area (Å²) in [5.41, 5.74) is 9.14. The van der Waals surface area contributed by atoms with Gasteiger partial charge in [0.05, 0.1) is 5.69 Å². The quantitative estimate of drug-likeness (QED) is 0.270. The molecule has 4 aromatic carbocycles. The number of aryl methyl sites for hydroxylation is 1. The molecule has 168 valence electrons. The van der Waals surface area contributed by atoms with Crippen molar-refractivity contribution in [1.29, 1.82) is 0 Å². The van der Waals surface area contributed by atoms with Crippen molar-refractivity contribution in [1.82, 2.24) is 4.98 Å². The van der Waals surface area contributed by atoms with Gasteiger partial charge in [0.1, 0.15) is 0 Å². The predicted octanol–water partition coefficient (Wildman–Crippen LogP) is 9.22. The van der Waals surface area contributed by atoms with E-state index in [2.05, 4.69) is 114 Å². The van der Waals surface area contributed by atoms with Crippen molar-refractivity contribution >= 4 is 17.1 Å². The molecule has 0 spiro atoms. The fraction of sp³-hybridized carbons (Fsp3) is 0.0938. The molecule has 0 aliphatic heterocycles. The summed E-state index contributed by atoms with van der Waals surface area (Å²) in [5.74, 6) is 0. The molecule has 1 aromatic heterocycles. The second-order valence-electron chi connectivity index (χ2n) is 7.85. The van der Waals surface area contributed by atoms with Gasteiger partial charge < -0.3 is 4.90 Å². The van der Waals surface area contributed by atoms with Crippen LogP contribution in [0.1, 0.15) is 19.4 Å². The Morgan fingerprint density at radius 3 is 1.47 bits per heavy atom. The summed E-state index contributed by atoms with van der Waals surface area (Å²) in [6.07, 6.45) is 1.83. The van der Waals surface area contributed by atoms with Crippen LogP contribution in [0.4, 0.5) is 17.1 Å². The highest BCUT2D eigenvalue weighted by Gasteiger charge is 2.13. The average molecular weight is 443 g/mol. The zero-order valence-electron chi connectivity index (χ0n) is 20.0. The number of anilines is 3. The van der Waals surface area contributed by atoms with E-state index >= 15 is 0 Å². The Morgan fingerprint density at radius 2 is 0.941 bits per heavy atom. The highest BCUT2D eigenvalue weighted by Crippen LogP contribution is 2.36. The summed E-state index contributed by atoms with van der Waals surface area (Å²) in [7, 11) is 0. The lowest BCUT2D eigenvalue weighted by atomic mass is 10.0. The Balaban J connectivity index is 0.00000133. The van der Waals surface area contributed by atoms with Crippen LogP contribution in [-0.2, 0) is 0 Å². The molecule has 2 nitrogen and oxygen atoms in total. The van der Waals surface area contributed by atoms with Gasteiger partial charge in [-0.2, -0.15) is 0 Å². The first-order chi connectivity index (χ1) is 16.8. The molecule has 0 saturated carbocycles. The van der Waals surface area contributed by atoms with E-state index in [0.29, 0.717) is 0 Å². The van der Waals surface area contributed by atoms with Gasteiger partial charge >= 0.3 is 0 Å². The lowest BCUT2D eigenvalue weighted by Gasteiger charge is -2.26. The van der Waals surface area contributed by atoms with Crippen molar-refractivity contribution < 1.29 is 0 Å². The molecule has 1 heterocycles. The maximum absolute atomic E-state index is 4.47. The molecule has 0 amide bonds. The number of pyridine rings is 1. The minimum atomic E-state index is 0.980. The van der Waals surface area contributed by atoms with Gasteiger partial charge in [0.25, 0.3) is 0 Å². The lowest BCUT2D eigenvalue weighted by molar-refractivity contribution is 1.27. The Morgan fingerprint density at radius 1 is 0.471 bits per heavy atom. The number of hydrogen-bond acceptors (Lipinski definition) is 2. The number of nitrogens with zero attached hydrogens (tertiary/aromatic N) is 2. The smallest absolute Gasteiger partial charge is 0.0701 e. The first-order valence-electron chi connectivity index (χ1n) is 11.8. The summed E-state index contributed by atoms with van der Waals surface area (Å²) in [6, 6.07) is 42.5. The van der Waals surface area contributed by atoms with E-state index in [-0.39, 0.29) is 0 Å². The SMILES string of the molecule is CC.Cc1ccc(N(c2ccc(-c3ccccc3)cc2)c2ccc(-c3ccccn3)cc2)cc1. The Bertz CT molecular complexity index is 1190. The third-order valence-electron chi connectivity index (χ3n) is 5.61. The van der Waals surface area contributed by atoms with Gasteiger partial charge in [-0.05, 0) is 66.6 Å². The van der Waals surface area contributed by atoms with Crippen molar-refractivity contribution in [3.05, 3.63) is 133 Å². The van der Waals surface area contributed by atoms with Crippen LogP contribution >= 0.6 is 0 Å². The Hall–Kier alpha value is -4.17. The van der Waals surface area contributed by atoms with Gasteiger partial charge in [-0.25, -0.2) is 0 Å². The summed E-state index contributed by atoms with van der Waals surface area (Å²) < 4.78 is 0. The van der Waals surface area contributed by atoms with Gasteiger partial charge in [-0.3, -0.25) is 4.98 Å². The van der Waals surface area contributed by atoms with Crippen LogP contribution in [-0.4, -0.2) is 4.98 Å². The second kappa shape index (κ2) is 11.1. The third-order valence-corrected chi connectivity index (χ3v) is 5.61. The maximum atomic E-state index is 4.47. The number of benzene rings is 4. The molecule has 0 fully saturated rings. The molecule has 34 heavy (non-hydrogen) atoms. The molecular weight excluding hydrogens is 412 g/mol. The highest BCUT2D eigenvalue weighted by atomic mass is 15.1. The zero-order valence-corrected chi connectivity index (χ0v) is 20.0. The van der Waals surface area contributed by atoms with Gasteiger partial charge in [0.15, 0.2) is 0 Å². The van der Waals surface area contributed by atoms with Gasteiger partial charge in [0.2, 0.25) is 0 Å². The van der Waals surface area contributed by atoms with E-state index in [1.54, 1.807) is 0 Å². The topological polar surface area (TPSA) is 16.1 Å². The molecule has 0 bridgehead atoms. The third kappa shape index (κ3) is 5.24. The molecule has 0 radical (unpaired) electrons. The van der Waals surface area contributed by atoms with Crippen LogP contribution in [0.25, 0.3) is 22.4 Å². The number of aromatic nitrogens is 1. The van der Waals surface area contributed by atoms with E-state index in [1.807, 2.05) is 44.3 Å². The molecule has 0 saturated heterocycles. The fourth-order valence-corrected chi connectivity index (χ4v) is 3.89. The van der Waals surface area contributed by atoms with Crippen molar-refractivity contribution in [2.45, 2.75) is 20.8 Å². The number of hydrogen-bond donors (Lipinski definition) is 0. The molecule has 0 aliphatic rings.